The zero-order chi connectivity index (χ0) is 45.4. The third-order valence-electron chi connectivity index (χ3n) is 12.4. The lowest BCUT2D eigenvalue weighted by molar-refractivity contribution is -0.134. The summed E-state index contributed by atoms with van der Waals surface area (Å²) in [7, 11) is 1.74. The second-order valence-electron chi connectivity index (χ2n) is 17.1. The number of aryl methyl sites for hydroxylation is 3. The molecule has 0 bridgehead atoms. The van der Waals surface area contributed by atoms with Gasteiger partial charge in [-0.3, -0.25) is 38.0 Å². The monoisotopic (exact) mass is 888 g/mol. The van der Waals surface area contributed by atoms with Crippen LogP contribution >= 0.6 is 0 Å². The van der Waals surface area contributed by atoms with Crippen LogP contribution in [0.3, 0.4) is 0 Å². The molecular weight excluding hydrogens is 834 g/mol. The number of oxazole rings is 1. The van der Waals surface area contributed by atoms with E-state index in [0.717, 1.165) is 107 Å². The van der Waals surface area contributed by atoms with Gasteiger partial charge >= 0.3 is 11.9 Å². The normalized spacial score (nSPS) is 18.2. The van der Waals surface area contributed by atoms with Gasteiger partial charge in [0.1, 0.15) is 12.0 Å². The second-order valence-corrected chi connectivity index (χ2v) is 17.1. The third-order valence-corrected chi connectivity index (χ3v) is 12.4. The topological polar surface area (TPSA) is 199 Å². The molecule has 1 atom stereocenters. The number of benzene rings is 1. The highest BCUT2D eigenvalue weighted by molar-refractivity contribution is 6.07. The summed E-state index contributed by atoms with van der Waals surface area (Å²) in [5, 5.41) is 7.09. The molecule has 4 heterocycles. The summed E-state index contributed by atoms with van der Waals surface area (Å²) in [4.78, 5) is 71.3. The maximum atomic E-state index is 13.2. The van der Waals surface area contributed by atoms with Crippen molar-refractivity contribution in [2.45, 2.75) is 127 Å². The number of carbonyl (C=O) groups is 4. The van der Waals surface area contributed by atoms with Crippen molar-refractivity contribution in [3.8, 4) is 11.5 Å². The summed E-state index contributed by atoms with van der Waals surface area (Å²) in [5.41, 5.74) is 8.60. The van der Waals surface area contributed by atoms with E-state index in [1.807, 2.05) is 18.2 Å². The van der Waals surface area contributed by atoms with Crippen LogP contribution in [0.25, 0.3) is 22.5 Å². The molecule has 0 saturated heterocycles. The Bertz CT molecular complexity index is 2510. The van der Waals surface area contributed by atoms with Gasteiger partial charge in [-0.1, -0.05) is 37.8 Å². The number of amides is 2. The molecule has 342 valence electrons. The molecule has 7 rings (SSSR count). The van der Waals surface area contributed by atoms with E-state index in [-0.39, 0.29) is 64.8 Å². The zero-order valence-corrected chi connectivity index (χ0v) is 36.0. The van der Waals surface area contributed by atoms with E-state index in [1.165, 1.54) is 18.3 Å². The van der Waals surface area contributed by atoms with Gasteiger partial charge < -0.3 is 20.2 Å². The predicted molar refractivity (Wildman–Crippen MR) is 231 cm³/mol. The highest BCUT2D eigenvalue weighted by atomic mass is 19.4. The maximum Gasteiger partial charge on any atom is 0.389 e. The molecule has 2 saturated carbocycles. The van der Waals surface area contributed by atoms with Gasteiger partial charge in [-0.05, 0) is 93.9 Å². The number of para-hydroxylation sites is 1. The fourth-order valence-electron chi connectivity index (χ4n) is 9.03. The minimum atomic E-state index is -4.32. The standard InChI is InChI=1S/C46H55F3N8O7/c1-55-41-30(11-8-12-38(41)57(45(55)62)37-18-17-34(58)26-39(37)59)10-5-7-24-63-23-6-3-2-4-9-29-13-15-33(16-14-29)56-27-35(40(54-56)42(50)60)52-43(61)36-28-64-44(53-36)31-20-22-51-32(25-31)19-21-46(47,48)49/h8,11-12,20,22,25,27-29,33,37H,2-7,9-10,13-19,21,23-24,26H2,1H3,(H2,50,60)(H,52,61). The average Bonchev–Trinajstić information content (AvgIpc) is 4.00. The van der Waals surface area contributed by atoms with Crippen LogP contribution in [-0.4, -0.2) is 71.7 Å². The number of aromatic nitrogens is 6. The van der Waals surface area contributed by atoms with Gasteiger partial charge in [0.15, 0.2) is 17.2 Å². The molecule has 0 aliphatic heterocycles. The van der Waals surface area contributed by atoms with Gasteiger partial charge in [0, 0.05) is 56.8 Å². The number of ketones is 2. The van der Waals surface area contributed by atoms with Gasteiger partial charge in [-0.25, -0.2) is 9.78 Å². The second kappa shape index (κ2) is 20.7. The van der Waals surface area contributed by atoms with Crippen LogP contribution in [0.5, 0.6) is 0 Å². The number of pyridine rings is 1. The lowest BCUT2D eigenvalue weighted by atomic mass is 9.83. The number of fused-ring (bicyclic) bond motifs is 1. The number of nitrogens with zero attached hydrogens (tertiary/aromatic N) is 6. The molecule has 64 heavy (non-hydrogen) atoms. The van der Waals surface area contributed by atoms with E-state index in [9.17, 15) is 37.1 Å². The fraction of sp³-hybridized carbons (Fsp3) is 0.522. The van der Waals surface area contributed by atoms with E-state index in [1.54, 1.807) is 27.1 Å². The molecule has 1 unspecified atom stereocenters. The molecule has 2 amide bonds. The number of unbranched alkanes of at least 4 members (excludes halogenated alkanes) is 4. The summed E-state index contributed by atoms with van der Waals surface area (Å²) in [5.74, 6) is -1.08. The summed E-state index contributed by atoms with van der Waals surface area (Å²) in [6.07, 6.45) is 10.9. The SMILES string of the molecule is Cn1c(=O)n(C2CCC(=O)CC2=O)c2cccc(CCCCOCCCCCCC3CCC(n4cc(NC(=O)c5coc(-c6ccnc(CCC(F)(F)F)c6)n5)c(C(N)=O)n4)CC3)c21. The van der Waals surface area contributed by atoms with Gasteiger partial charge in [0.2, 0.25) is 5.89 Å². The molecule has 0 spiro atoms. The van der Waals surface area contributed by atoms with Crippen LogP contribution in [0.4, 0.5) is 18.9 Å². The number of halogens is 3. The quantitative estimate of drug-likeness (QED) is 0.0570. The van der Waals surface area contributed by atoms with Crippen molar-refractivity contribution in [1.82, 2.24) is 28.9 Å². The van der Waals surface area contributed by atoms with Crippen molar-refractivity contribution >= 4 is 40.1 Å². The van der Waals surface area contributed by atoms with E-state index < -0.39 is 30.5 Å². The number of hydrogen-bond donors (Lipinski definition) is 2. The van der Waals surface area contributed by atoms with Crippen LogP contribution in [-0.2, 0) is 34.2 Å². The molecule has 1 aromatic carbocycles. The first-order valence-corrected chi connectivity index (χ1v) is 22.2. The minimum Gasteiger partial charge on any atom is -0.444 e. The van der Waals surface area contributed by atoms with Crippen molar-refractivity contribution in [3.05, 3.63) is 82.1 Å². The first-order valence-electron chi connectivity index (χ1n) is 22.2. The number of imidazole rings is 1. The smallest absolute Gasteiger partial charge is 0.389 e. The van der Waals surface area contributed by atoms with Crippen molar-refractivity contribution in [1.29, 1.82) is 0 Å². The Morgan fingerprint density at radius 1 is 0.969 bits per heavy atom. The fourth-order valence-corrected chi connectivity index (χ4v) is 9.03. The van der Waals surface area contributed by atoms with Crippen LogP contribution in [0.1, 0.15) is 141 Å². The first-order chi connectivity index (χ1) is 30.8. The number of ether oxygens (including phenoxy) is 1. The molecule has 2 aliphatic rings. The Balaban J connectivity index is 0.779. The summed E-state index contributed by atoms with van der Waals surface area (Å²) in [6.45, 7) is 1.39. The van der Waals surface area contributed by atoms with Crippen LogP contribution < -0.4 is 16.7 Å². The Morgan fingerprint density at radius 3 is 2.48 bits per heavy atom. The van der Waals surface area contributed by atoms with Crippen LogP contribution in [0, 0.1) is 5.92 Å². The van der Waals surface area contributed by atoms with Crippen molar-refractivity contribution < 1.29 is 41.5 Å². The highest BCUT2D eigenvalue weighted by Gasteiger charge is 2.32. The molecular formula is C46H55F3N8O7. The Labute approximate surface area is 367 Å². The van der Waals surface area contributed by atoms with E-state index in [2.05, 4.69) is 20.4 Å². The molecule has 2 aliphatic carbocycles. The van der Waals surface area contributed by atoms with Gasteiger partial charge in [0.25, 0.3) is 11.8 Å². The molecule has 5 aromatic rings. The lowest BCUT2D eigenvalue weighted by Gasteiger charge is -2.28. The minimum absolute atomic E-state index is 0.0319. The van der Waals surface area contributed by atoms with Crippen molar-refractivity contribution in [2.75, 3.05) is 18.5 Å². The molecule has 4 aromatic heterocycles. The number of Topliss-reactive ketones (excluding diaryl/α,β-unsaturated/α-hetero) is 2. The van der Waals surface area contributed by atoms with Crippen LogP contribution in [0.15, 0.2) is 58.2 Å². The predicted octanol–water partition coefficient (Wildman–Crippen LogP) is 8.02. The average molecular weight is 889 g/mol. The van der Waals surface area contributed by atoms with E-state index in [0.29, 0.717) is 30.9 Å². The first kappa shape index (κ1) is 46.1. The number of hydrogen-bond acceptors (Lipinski definition) is 10. The number of nitrogens with one attached hydrogen (secondary N) is 1. The largest absolute Gasteiger partial charge is 0.444 e. The zero-order valence-electron chi connectivity index (χ0n) is 36.0. The van der Waals surface area contributed by atoms with Crippen molar-refractivity contribution in [2.24, 2.45) is 18.7 Å². The van der Waals surface area contributed by atoms with E-state index in [4.69, 9.17) is 14.9 Å². The van der Waals surface area contributed by atoms with E-state index >= 15 is 0 Å². The van der Waals surface area contributed by atoms with Gasteiger partial charge in [0.05, 0.1) is 35.2 Å². The Kier molecular flexibility index (Phi) is 14.9. The molecule has 0 radical (unpaired) electrons. The van der Waals surface area contributed by atoms with Crippen molar-refractivity contribution in [3.63, 3.8) is 0 Å². The molecule has 15 nitrogen and oxygen atoms in total. The maximum absolute atomic E-state index is 13.2. The number of primary amides is 1. The summed E-state index contributed by atoms with van der Waals surface area (Å²) < 4.78 is 54.4. The Hall–Kier alpha value is -5.91. The lowest BCUT2D eigenvalue weighted by Crippen LogP contribution is -2.34. The molecule has 18 heteroatoms. The number of carbonyl (C=O) groups excluding carboxylic acids is 4. The number of rotatable bonds is 20. The summed E-state index contributed by atoms with van der Waals surface area (Å²) in [6, 6.07) is 8.25. The number of anilines is 1. The third kappa shape index (κ3) is 11.4. The molecule has 2 fully saturated rings. The number of nitrogens with two attached hydrogens (primary N) is 1. The molecule has 3 N–H and O–H groups in total. The van der Waals surface area contributed by atoms with Gasteiger partial charge in [-0.15, -0.1) is 0 Å². The Morgan fingerprint density at radius 2 is 1.73 bits per heavy atom. The number of alkyl halides is 3. The van der Waals surface area contributed by atoms with Gasteiger partial charge in [-0.2, -0.15) is 18.3 Å². The highest BCUT2D eigenvalue weighted by Crippen LogP contribution is 2.36. The summed E-state index contributed by atoms with van der Waals surface area (Å²) >= 11 is 0. The van der Waals surface area contributed by atoms with Crippen LogP contribution in [0.2, 0.25) is 0 Å².